The lowest BCUT2D eigenvalue weighted by atomic mass is 10.0. The first-order valence-corrected chi connectivity index (χ1v) is 13.7. The Balaban J connectivity index is 1.56. The standard InChI is InChI=1S/C25H30ClN7O5S/c1-4-10-38-17-13-33(7-5-16(17)30-23(34)19-15(12-27)18(26)14(2)29-19)25-31-20(21(39-25)24(35)36)22-28-6-8-32(22)9-11-37-3/h6,8,16-17,29H,4-5,7,9-11,13H2,1-3H3,(H,30,34)(H,35,36)/t16-,17+/m1/s1. The number of carboxylic acids is 1. The number of methoxy groups -OCH3 is 1. The van der Waals surface area contributed by atoms with Gasteiger partial charge in [-0.2, -0.15) is 5.26 Å². The fourth-order valence-corrected chi connectivity index (χ4v) is 5.57. The number of imidazole rings is 1. The third kappa shape index (κ3) is 6.09. The summed E-state index contributed by atoms with van der Waals surface area (Å²) >= 11 is 7.25. The van der Waals surface area contributed by atoms with Gasteiger partial charge in [-0.25, -0.2) is 14.8 Å². The molecule has 4 heterocycles. The fourth-order valence-electron chi connectivity index (χ4n) is 4.45. The number of aromatic nitrogens is 4. The summed E-state index contributed by atoms with van der Waals surface area (Å²) in [4.78, 5) is 39.2. The number of carbonyl (C=O) groups is 2. The van der Waals surface area contributed by atoms with Crippen molar-refractivity contribution >= 4 is 39.9 Å². The van der Waals surface area contributed by atoms with Crippen molar-refractivity contribution in [1.82, 2.24) is 24.8 Å². The van der Waals surface area contributed by atoms with E-state index in [1.807, 2.05) is 22.5 Å². The zero-order valence-corrected chi connectivity index (χ0v) is 23.4. The lowest BCUT2D eigenvalue weighted by Gasteiger charge is -2.38. The van der Waals surface area contributed by atoms with Crippen LogP contribution in [0.15, 0.2) is 12.4 Å². The molecule has 3 aromatic rings. The number of piperidine rings is 1. The van der Waals surface area contributed by atoms with Crippen LogP contribution in [0.4, 0.5) is 5.13 Å². The number of nitrogens with one attached hydrogen (secondary N) is 2. The molecule has 0 spiro atoms. The second kappa shape index (κ2) is 12.6. The molecule has 0 aliphatic carbocycles. The normalized spacial score (nSPS) is 17.3. The average molecular weight is 576 g/mol. The van der Waals surface area contributed by atoms with Crippen molar-refractivity contribution in [3.63, 3.8) is 0 Å². The maximum Gasteiger partial charge on any atom is 0.348 e. The summed E-state index contributed by atoms with van der Waals surface area (Å²) in [5.41, 5.74) is 1.07. The van der Waals surface area contributed by atoms with Gasteiger partial charge < -0.3 is 34.3 Å². The molecule has 0 aromatic carbocycles. The average Bonchev–Trinajstić information content (AvgIpc) is 3.64. The van der Waals surface area contributed by atoms with Crippen molar-refractivity contribution in [2.75, 3.05) is 38.3 Å². The highest BCUT2D eigenvalue weighted by Crippen LogP contribution is 2.34. The fraction of sp³-hybridized carbons (Fsp3) is 0.480. The molecule has 0 saturated carbocycles. The molecule has 0 bridgehead atoms. The molecular weight excluding hydrogens is 546 g/mol. The number of nitriles is 1. The molecule has 12 nitrogen and oxygen atoms in total. The Bertz CT molecular complexity index is 1380. The van der Waals surface area contributed by atoms with Gasteiger partial charge in [-0.3, -0.25) is 4.79 Å². The van der Waals surface area contributed by atoms with Gasteiger partial charge in [0.15, 0.2) is 11.0 Å². The van der Waals surface area contributed by atoms with Crippen molar-refractivity contribution < 1.29 is 24.2 Å². The number of rotatable bonds is 11. The number of aromatic amines is 1. The molecular formula is C25H30ClN7O5S. The third-order valence-corrected chi connectivity index (χ3v) is 7.98. The van der Waals surface area contributed by atoms with E-state index in [4.69, 9.17) is 26.1 Å². The van der Waals surface area contributed by atoms with Gasteiger partial charge in [-0.05, 0) is 19.8 Å². The number of hydrogen-bond donors (Lipinski definition) is 3. The predicted molar refractivity (Wildman–Crippen MR) is 146 cm³/mol. The van der Waals surface area contributed by atoms with Gasteiger partial charge in [0.25, 0.3) is 5.91 Å². The topological polar surface area (TPSA) is 158 Å². The Morgan fingerprint density at radius 1 is 1.41 bits per heavy atom. The molecule has 2 atom stereocenters. The molecule has 208 valence electrons. The molecule has 1 aliphatic heterocycles. The van der Waals surface area contributed by atoms with Crippen LogP contribution in [0.1, 0.15) is 51.2 Å². The molecule has 1 amide bonds. The maximum atomic E-state index is 13.1. The first-order valence-electron chi connectivity index (χ1n) is 12.5. The van der Waals surface area contributed by atoms with Crippen LogP contribution in [-0.4, -0.2) is 82.1 Å². The Morgan fingerprint density at radius 2 is 2.21 bits per heavy atom. The smallest absolute Gasteiger partial charge is 0.348 e. The van der Waals surface area contributed by atoms with Crippen LogP contribution in [0.2, 0.25) is 5.02 Å². The van der Waals surface area contributed by atoms with Gasteiger partial charge in [0.2, 0.25) is 0 Å². The summed E-state index contributed by atoms with van der Waals surface area (Å²) in [5.74, 6) is -1.05. The van der Waals surface area contributed by atoms with Gasteiger partial charge in [0.05, 0.1) is 23.8 Å². The zero-order chi connectivity index (χ0) is 28.1. The minimum Gasteiger partial charge on any atom is -0.477 e. The molecule has 1 fully saturated rings. The first-order chi connectivity index (χ1) is 18.8. The number of hydrogen-bond acceptors (Lipinski definition) is 9. The number of halogens is 1. The van der Waals surface area contributed by atoms with Crippen molar-refractivity contribution in [1.29, 1.82) is 5.26 Å². The Hall–Kier alpha value is -3.44. The summed E-state index contributed by atoms with van der Waals surface area (Å²) < 4.78 is 13.1. The SMILES string of the molecule is CCCO[C@H]1CN(c2nc(-c3nccn3CCOC)c(C(=O)O)s2)CC[C@H]1NC(=O)c1[nH]c(C)c(Cl)c1C#N. The van der Waals surface area contributed by atoms with Crippen LogP contribution >= 0.6 is 22.9 Å². The van der Waals surface area contributed by atoms with Gasteiger partial charge in [0.1, 0.15) is 27.9 Å². The van der Waals surface area contributed by atoms with Gasteiger partial charge in [-0.1, -0.05) is 29.9 Å². The van der Waals surface area contributed by atoms with Crippen molar-refractivity contribution in [3.05, 3.63) is 39.2 Å². The predicted octanol–water partition coefficient (Wildman–Crippen LogP) is 3.32. The maximum absolute atomic E-state index is 13.1. The van der Waals surface area contributed by atoms with Crippen LogP contribution < -0.4 is 10.2 Å². The number of anilines is 1. The molecule has 3 aromatic heterocycles. The number of thiazole rings is 1. The number of carboxylic acid groups (broad SMARTS) is 1. The Kier molecular flexibility index (Phi) is 9.24. The number of amides is 1. The molecule has 0 radical (unpaired) electrons. The summed E-state index contributed by atoms with van der Waals surface area (Å²) in [6.45, 7) is 6.04. The van der Waals surface area contributed by atoms with Crippen LogP contribution in [0.25, 0.3) is 11.5 Å². The summed E-state index contributed by atoms with van der Waals surface area (Å²) in [7, 11) is 1.60. The van der Waals surface area contributed by atoms with E-state index in [1.165, 1.54) is 0 Å². The van der Waals surface area contributed by atoms with Crippen molar-refractivity contribution in [2.45, 2.75) is 45.4 Å². The van der Waals surface area contributed by atoms with E-state index >= 15 is 0 Å². The number of aromatic carboxylic acids is 1. The van der Waals surface area contributed by atoms with E-state index in [-0.39, 0.29) is 33.3 Å². The van der Waals surface area contributed by atoms with Crippen molar-refractivity contribution in [2.24, 2.45) is 0 Å². The number of ether oxygens (including phenoxy) is 2. The van der Waals surface area contributed by atoms with E-state index in [0.29, 0.717) is 61.6 Å². The van der Waals surface area contributed by atoms with Crippen LogP contribution in [0.5, 0.6) is 0 Å². The Labute approximate surface area is 234 Å². The molecule has 1 saturated heterocycles. The molecule has 39 heavy (non-hydrogen) atoms. The summed E-state index contributed by atoms with van der Waals surface area (Å²) in [5, 5.41) is 23.1. The van der Waals surface area contributed by atoms with Gasteiger partial charge >= 0.3 is 5.97 Å². The lowest BCUT2D eigenvalue weighted by molar-refractivity contribution is 0.0205. The van der Waals surface area contributed by atoms with E-state index in [0.717, 1.165) is 17.8 Å². The van der Waals surface area contributed by atoms with Gasteiger partial charge in [-0.15, -0.1) is 0 Å². The zero-order valence-electron chi connectivity index (χ0n) is 21.9. The second-order valence-corrected chi connectivity index (χ2v) is 10.4. The van der Waals surface area contributed by atoms with E-state index in [9.17, 15) is 20.0 Å². The summed E-state index contributed by atoms with van der Waals surface area (Å²) in [6, 6.07) is 1.66. The molecule has 3 N–H and O–H groups in total. The lowest BCUT2D eigenvalue weighted by Crippen LogP contribution is -2.55. The highest BCUT2D eigenvalue weighted by atomic mass is 35.5. The summed E-state index contributed by atoms with van der Waals surface area (Å²) in [6.07, 6.45) is 4.29. The molecule has 14 heteroatoms. The number of aryl methyl sites for hydroxylation is 1. The van der Waals surface area contributed by atoms with E-state index < -0.39 is 11.9 Å². The van der Waals surface area contributed by atoms with Crippen LogP contribution in [-0.2, 0) is 16.0 Å². The highest BCUT2D eigenvalue weighted by molar-refractivity contribution is 7.17. The van der Waals surface area contributed by atoms with E-state index in [2.05, 4.69) is 15.3 Å². The van der Waals surface area contributed by atoms with Gasteiger partial charge in [0, 0.05) is 51.4 Å². The molecule has 4 rings (SSSR count). The number of carbonyl (C=O) groups excluding carboxylic acids is 1. The quantitative estimate of drug-likeness (QED) is 0.312. The highest BCUT2D eigenvalue weighted by Gasteiger charge is 2.35. The molecule has 1 aliphatic rings. The largest absolute Gasteiger partial charge is 0.477 e. The van der Waals surface area contributed by atoms with E-state index in [1.54, 1.807) is 26.4 Å². The van der Waals surface area contributed by atoms with Crippen LogP contribution in [0, 0.1) is 18.3 Å². The minimum atomic E-state index is -1.08. The van der Waals surface area contributed by atoms with Crippen molar-refractivity contribution in [3.8, 4) is 17.6 Å². The molecule has 0 unspecified atom stereocenters. The monoisotopic (exact) mass is 575 g/mol. The third-order valence-electron chi connectivity index (χ3n) is 6.41. The number of nitrogens with zero attached hydrogens (tertiary/aromatic N) is 5. The minimum absolute atomic E-state index is 0.0966. The van der Waals surface area contributed by atoms with Crippen LogP contribution in [0.3, 0.4) is 0 Å². The first kappa shape index (κ1) is 28.6. The Morgan fingerprint density at radius 3 is 2.90 bits per heavy atom. The second-order valence-electron chi connectivity index (χ2n) is 9.07. The number of H-pyrrole nitrogens is 1.